The molecule has 0 saturated carbocycles. The molecular formula is C24H27NO4. The van der Waals surface area contributed by atoms with Gasteiger partial charge in [0.15, 0.2) is 17.3 Å². The van der Waals surface area contributed by atoms with Crippen molar-refractivity contribution >= 4 is 5.78 Å². The van der Waals surface area contributed by atoms with E-state index < -0.39 is 0 Å². The molecule has 5 heteroatoms. The standard InChI is InChI=1S/C24H27NO4/c1-4-17-9-7-8-10-20(17)21(26)13-12-19-16-29-24(25-19)18-11-14-22(27-5-2)23(15-18)28-6-3/h7-11,14-16H,4-6,12-13H2,1-3H3. The molecule has 0 aliphatic carbocycles. The van der Waals surface area contributed by atoms with Crippen molar-refractivity contribution in [3.63, 3.8) is 0 Å². The van der Waals surface area contributed by atoms with E-state index in [1.54, 1.807) is 6.26 Å². The Kier molecular flexibility index (Phi) is 7.06. The summed E-state index contributed by atoms with van der Waals surface area (Å²) in [5.41, 5.74) is 3.45. The maximum absolute atomic E-state index is 12.6. The van der Waals surface area contributed by atoms with Crippen molar-refractivity contribution in [1.29, 1.82) is 0 Å². The van der Waals surface area contributed by atoms with E-state index in [1.165, 1.54) is 0 Å². The van der Waals surface area contributed by atoms with E-state index in [2.05, 4.69) is 11.9 Å². The first-order valence-electron chi connectivity index (χ1n) is 10.1. The summed E-state index contributed by atoms with van der Waals surface area (Å²) in [6.07, 6.45) is 3.40. The van der Waals surface area contributed by atoms with Gasteiger partial charge in [0.2, 0.25) is 5.89 Å². The van der Waals surface area contributed by atoms with Crippen LogP contribution in [-0.4, -0.2) is 24.0 Å². The molecule has 0 saturated heterocycles. The topological polar surface area (TPSA) is 61.6 Å². The average Bonchev–Trinajstić information content (AvgIpc) is 3.22. The van der Waals surface area contributed by atoms with E-state index in [0.29, 0.717) is 43.4 Å². The summed E-state index contributed by atoms with van der Waals surface area (Å²) < 4.78 is 16.9. The molecule has 2 aromatic carbocycles. The third-order valence-corrected chi connectivity index (χ3v) is 4.65. The molecule has 0 radical (unpaired) electrons. The summed E-state index contributed by atoms with van der Waals surface area (Å²) in [4.78, 5) is 17.2. The van der Waals surface area contributed by atoms with Crippen LogP contribution in [0.5, 0.6) is 11.5 Å². The first-order valence-corrected chi connectivity index (χ1v) is 10.1. The quantitative estimate of drug-likeness (QED) is 0.425. The van der Waals surface area contributed by atoms with Crippen LogP contribution < -0.4 is 9.47 Å². The highest BCUT2D eigenvalue weighted by molar-refractivity contribution is 5.97. The Bertz CT molecular complexity index is 961. The zero-order chi connectivity index (χ0) is 20.6. The van der Waals surface area contributed by atoms with Gasteiger partial charge in [-0.2, -0.15) is 0 Å². The summed E-state index contributed by atoms with van der Waals surface area (Å²) in [5, 5.41) is 0. The molecule has 0 N–H and O–H groups in total. The molecule has 3 rings (SSSR count). The van der Waals surface area contributed by atoms with Gasteiger partial charge < -0.3 is 13.9 Å². The van der Waals surface area contributed by atoms with Crippen molar-refractivity contribution in [2.45, 2.75) is 40.0 Å². The van der Waals surface area contributed by atoms with Crippen LogP contribution in [0.15, 0.2) is 53.1 Å². The van der Waals surface area contributed by atoms with Gasteiger partial charge in [0.05, 0.1) is 18.9 Å². The highest BCUT2D eigenvalue weighted by atomic mass is 16.5. The minimum atomic E-state index is 0.131. The second-order valence-corrected chi connectivity index (χ2v) is 6.61. The van der Waals surface area contributed by atoms with E-state index in [4.69, 9.17) is 13.9 Å². The molecular weight excluding hydrogens is 366 g/mol. The van der Waals surface area contributed by atoms with Crippen LogP contribution in [0.25, 0.3) is 11.5 Å². The third-order valence-electron chi connectivity index (χ3n) is 4.65. The molecule has 0 amide bonds. The fourth-order valence-corrected chi connectivity index (χ4v) is 3.22. The molecule has 1 heterocycles. The Hall–Kier alpha value is -3.08. The molecule has 0 aliphatic rings. The molecule has 152 valence electrons. The normalized spacial score (nSPS) is 10.7. The molecule has 0 atom stereocenters. The van der Waals surface area contributed by atoms with E-state index in [-0.39, 0.29) is 5.78 Å². The van der Waals surface area contributed by atoms with Crippen molar-refractivity contribution in [2.24, 2.45) is 0 Å². The Morgan fingerprint density at radius 3 is 2.52 bits per heavy atom. The van der Waals surface area contributed by atoms with Gasteiger partial charge in [-0.25, -0.2) is 4.98 Å². The highest BCUT2D eigenvalue weighted by Crippen LogP contribution is 2.32. The van der Waals surface area contributed by atoms with Gasteiger partial charge in [-0.3, -0.25) is 4.79 Å². The fourth-order valence-electron chi connectivity index (χ4n) is 3.22. The summed E-state index contributed by atoms with van der Waals surface area (Å²) in [5.74, 6) is 2.00. The van der Waals surface area contributed by atoms with Crippen molar-refractivity contribution < 1.29 is 18.7 Å². The number of aryl methyl sites for hydroxylation is 2. The summed E-state index contributed by atoms with van der Waals surface area (Å²) in [6.45, 7) is 7.03. The monoisotopic (exact) mass is 393 g/mol. The van der Waals surface area contributed by atoms with Gasteiger partial charge in [-0.1, -0.05) is 31.2 Å². The van der Waals surface area contributed by atoms with Crippen LogP contribution >= 0.6 is 0 Å². The minimum absolute atomic E-state index is 0.131. The van der Waals surface area contributed by atoms with E-state index in [1.807, 2.05) is 56.3 Å². The molecule has 0 spiro atoms. The highest BCUT2D eigenvalue weighted by Gasteiger charge is 2.14. The first kappa shape index (κ1) is 20.6. The molecule has 29 heavy (non-hydrogen) atoms. The zero-order valence-electron chi connectivity index (χ0n) is 17.2. The Morgan fingerprint density at radius 1 is 1.00 bits per heavy atom. The van der Waals surface area contributed by atoms with E-state index >= 15 is 0 Å². The zero-order valence-corrected chi connectivity index (χ0v) is 17.2. The number of ether oxygens (including phenoxy) is 2. The van der Waals surface area contributed by atoms with Crippen molar-refractivity contribution in [1.82, 2.24) is 4.98 Å². The number of hydrogen-bond acceptors (Lipinski definition) is 5. The van der Waals surface area contributed by atoms with Gasteiger partial charge in [0.1, 0.15) is 6.26 Å². The maximum Gasteiger partial charge on any atom is 0.226 e. The first-order chi connectivity index (χ1) is 14.2. The number of carbonyl (C=O) groups excluding carboxylic acids is 1. The number of oxazole rings is 1. The Labute approximate surface area is 171 Å². The van der Waals surface area contributed by atoms with Crippen molar-refractivity contribution in [3.05, 3.63) is 65.5 Å². The third kappa shape index (κ3) is 5.05. The number of carbonyl (C=O) groups is 1. The molecule has 0 fully saturated rings. The Balaban J connectivity index is 1.71. The number of nitrogens with zero attached hydrogens (tertiary/aromatic N) is 1. The fraction of sp³-hybridized carbons (Fsp3) is 0.333. The van der Waals surface area contributed by atoms with Crippen LogP contribution in [-0.2, 0) is 12.8 Å². The maximum atomic E-state index is 12.6. The largest absolute Gasteiger partial charge is 0.490 e. The second-order valence-electron chi connectivity index (χ2n) is 6.61. The van der Waals surface area contributed by atoms with Gasteiger partial charge in [0, 0.05) is 24.0 Å². The molecule has 1 aromatic heterocycles. The Morgan fingerprint density at radius 2 is 1.76 bits per heavy atom. The van der Waals surface area contributed by atoms with Crippen LogP contribution in [0.2, 0.25) is 0 Å². The number of Topliss-reactive ketones (excluding diaryl/α,β-unsaturated/α-hetero) is 1. The van der Waals surface area contributed by atoms with Crippen LogP contribution in [0.3, 0.4) is 0 Å². The van der Waals surface area contributed by atoms with Gasteiger partial charge >= 0.3 is 0 Å². The number of ketones is 1. The van der Waals surface area contributed by atoms with E-state index in [9.17, 15) is 4.79 Å². The van der Waals surface area contributed by atoms with E-state index in [0.717, 1.165) is 28.8 Å². The van der Waals surface area contributed by atoms with Crippen molar-refractivity contribution in [3.8, 4) is 23.0 Å². The number of benzene rings is 2. The predicted octanol–water partition coefficient (Wildman–Crippen LogP) is 5.52. The summed E-state index contributed by atoms with van der Waals surface area (Å²) >= 11 is 0. The second kappa shape index (κ2) is 9.92. The van der Waals surface area contributed by atoms with Crippen LogP contribution in [0.4, 0.5) is 0 Å². The minimum Gasteiger partial charge on any atom is -0.490 e. The lowest BCUT2D eigenvalue weighted by Gasteiger charge is -2.11. The molecule has 0 bridgehead atoms. The summed E-state index contributed by atoms with van der Waals surface area (Å²) in [6, 6.07) is 13.4. The number of hydrogen-bond donors (Lipinski definition) is 0. The molecule has 0 unspecified atom stereocenters. The number of rotatable bonds is 10. The van der Waals surface area contributed by atoms with Crippen molar-refractivity contribution in [2.75, 3.05) is 13.2 Å². The van der Waals surface area contributed by atoms with Crippen LogP contribution in [0.1, 0.15) is 48.8 Å². The van der Waals surface area contributed by atoms with Gasteiger partial charge in [0.25, 0.3) is 0 Å². The predicted molar refractivity (Wildman–Crippen MR) is 113 cm³/mol. The number of aromatic nitrogens is 1. The molecule has 0 aliphatic heterocycles. The van der Waals surface area contributed by atoms with Gasteiger partial charge in [-0.05, 0) is 44.0 Å². The van der Waals surface area contributed by atoms with Crippen LogP contribution in [0, 0.1) is 0 Å². The summed E-state index contributed by atoms with van der Waals surface area (Å²) in [7, 11) is 0. The lowest BCUT2D eigenvalue weighted by atomic mass is 9.98. The lowest BCUT2D eigenvalue weighted by Crippen LogP contribution is -2.05. The average molecular weight is 393 g/mol. The molecule has 5 nitrogen and oxygen atoms in total. The molecule has 3 aromatic rings. The van der Waals surface area contributed by atoms with Gasteiger partial charge in [-0.15, -0.1) is 0 Å². The lowest BCUT2D eigenvalue weighted by molar-refractivity contribution is 0.0981. The smallest absolute Gasteiger partial charge is 0.226 e. The SMILES string of the molecule is CCOc1ccc(-c2nc(CCC(=O)c3ccccc3CC)co2)cc1OCC.